The summed E-state index contributed by atoms with van der Waals surface area (Å²) in [5, 5.41) is 8.85. The molecule has 1 rings (SSSR count). The normalized spacial score (nSPS) is 13.3. The van der Waals surface area contributed by atoms with Crippen molar-refractivity contribution in [3.63, 3.8) is 0 Å². The lowest BCUT2D eigenvalue weighted by Crippen LogP contribution is -2.40. The molecule has 0 aliphatic carbocycles. The fourth-order valence-electron chi connectivity index (χ4n) is 1.25. The van der Waals surface area contributed by atoms with Crippen LogP contribution in [0.1, 0.15) is 13.3 Å². The van der Waals surface area contributed by atoms with Gasteiger partial charge in [0.15, 0.2) is 0 Å². The van der Waals surface area contributed by atoms with Crippen molar-refractivity contribution in [2.75, 3.05) is 0 Å². The first kappa shape index (κ1) is 15.6. The predicted octanol–water partition coefficient (Wildman–Crippen LogP) is 2.35. The van der Waals surface area contributed by atoms with Crippen LogP contribution in [0.4, 0.5) is 0 Å². The Morgan fingerprint density at radius 3 is 2.50 bits per heavy atom. The van der Waals surface area contributed by atoms with Crippen molar-refractivity contribution in [3.05, 3.63) is 27.1 Å². The summed E-state index contributed by atoms with van der Waals surface area (Å²) in [6.45, 7) is 1.60. The third kappa shape index (κ3) is 3.78. The lowest BCUT2D eigenvalue weighted by atomic mass is 10.2. The number of carboxylic acids is 1. The van der Waals surface area contributed by atoms with Crippen molar-refractivity contribution < 1.29 is 18.3 Å². The first-order chi connectivity index (χ1) is 8.27. The summed E-state index contributed by atoms with van der Waals surface area (Å²) in [5.74, 6) is -1.20. The number of carboxylic acid groups (broad SMARTS) is 1. The van der Waals surface area contributed by atoms with Gasteiger partial charge in [0.1, 0.15) is 6.04 Å². The van der Waals surface area contributed by atoms with Crippen LogP contribution in [0.3, 0.4) is 0 Å². The Hall–Kier alpha value is -0.440. The van der Waals surface area contributed by atoms with E-state index in [0.29, 0.717) is 4.47 Å². The maximum absolute atomic E-state index is 12.0. The molecule has 5 nitrogen and oxygen atoms in total. The van der Waals surface area contributed by atoms with Gasteiger partial charge in [-0.15, -0.1) is 0 Å². The van der Waals surface area contributed by atoms with E-state index >= 15 is 0 Å². The standard InChI is InChI=1S/C10H11Br2NO4S/c1-2-8(10(14)15)13-18(16,17)9-4-3-6(11)5-7(9)12/h3-5,8,13H,2H2,1H3,(H,14,15)/t8-/m1/s1. The molecule has 8 heteroatoms. The summed E-state index contributed by atoms with van der Waals surface area (Å²) in [5.41, 5.74) is 0. The summed E-state index contributed by atoms with van der Waals surface area (Å²) in [6.07, 6.45) is 0.169. The molecule has 0 heterocycles. The molecule has 1 aromatic carbocycles. The van der Waals surface area contributed by atoms with Gasteiger partial charge in [-0.1, -0.05) is 22.9 Å². The van der Waals surface area contributed by atoms with Crippen LogP contribution < -0.4 is 4.72 Å². The summed E-state index contributed by atoms with van der Waals surface area (Å²) in [4.78, 5) is 10.8. The minimum atomic E-state index is -3.86. The van der Waals surface area contributed by atoms with Gasteiger partial charge in [0.05, 0.1) is 4.90 Å². The SMILES string of the molecule is CC[C@@H](NS(=O)(=O)c1ccc(Br)cc1Br)C(=O)O. The van der Waals surface area contributed by atoms with Gasteiger partial charge < -0.3 is 5.11 Å². The number of nitrogens with one attached hydrogen (secondary N) is 1. The fourth-order valence-corrected chi connectivity index (χ4v) is 4.27. The Bertz CT molecular complexity index is 559. The van der Waals surface area contributed by atoms with E-state index in [-0.39, 0.29) is 11.3 Å². The van der Waals surface area contributed by atoms with E-state index in [1.54, 1.807) is 19.1 Å². The maximum Gasteiger partial charge on any atom is 0.321 e. The molecule has 18 heavy (non-hydrogen) atoms. The van der Waals surface area contributed by atoms with Crippen LogP contribution >= 0.6 is 31.9 Å². The van der Waals surface area contributed by atoms with Gasteiger partial charge in [-0.25, -0.2) is 8.42 Å². The average Bonchev–Trinajstić information content (AvgIpc) is 2.24. The molecule has 0 amide bonds. The first-order valence-corrected chi connectivity index (χ1v) is 8.05. The van der Waals surface area contributed by atoms with E-state index in [1.807, 2.05) is 0 Å². The van der Waals surface area contributed by atoms with Crippen molar-refractivity contribution in [1.29, 1.82) is 0 Å². The summed E-state index contributed by atoms with van der Waals surface area (Å²) < 4.78 is 27.3. The topological polar surface area (TPSA) is 83.5 Å². The highest BCUT2D eigenvalue weighted by Gasteiger charge is 2.25. The minimum absolute atomic E-state index is 0.00500. The van der Waals surface area contributed by atoms with Gasteiger partial charge in [-0.2, -0.15) is 4.72 Å². The molecule has 0 aliphatic rings. The lowest BCUT2D eigenvalue weighted by Gasteiger charge is -2.13. The van der Waals surface area contributed by atoms with Crippen LogP contribution in [0.15, 0.2) is 32.0 Å². The molecule has 0 unspecified atom stereocenters. The summed E-state index contributed by atoms with van der Waals surface area (Å²) >= 11 is 6.35. The molecule has 1 atom stereocenters. The number of halogens is 2. The van der Waals surface area contributed by atoms with E-state index < -0.39 is 22.0 Å². The van der Waals surface area contributed by atoms with Crippen LogP contribution in [0, 0.1) is 0 Å². The molecular weight excluding hydrogens is 390 g/mol. The zero-order chi connectivity index (χ0) is 13.9. The first-order valence-electron chi connectivity index (χ1n) is 4.98. The highest BCUT2D eigenvalue weighted by atomic mass is 79.9. The van der Waals surface area contributed by atoms with Gasteiger partial charge in [-0.05, 0) is 40.5 Å². The van der Waals surface area contributed by atoms with Crippen LogP contribution in [0.5, 0.6) is 0 Å². The Kier molecular flexibility index (Phi) is 5.32. The van der Waals surface area contributed by atoms with Crippen LogP contribution in [-0.2, 0) is 14.8 Å². The highest BCUT2D eigenvalue weighted by molar-refractivity contribution is 9.11. The lowest BCUT2D eigenvalue weighted by molar-refractivity contribution is -0.139. The average molecular weight is 401 g/mol. The molecule has 100 valence electrons. The molecule has 0 aliphatic heterocycles. The summed E-state index contributed by atoms with van der Waals surface area (Å²) in [7, 11) is -3.86. The van der Waals surface area contributed by atoms with E-state index in [1.165, 1.54) is 6.07 Å². The highest BCUT2D eigenvalue weighted by Crippen LogP contribution is 2.25. The molecule has 0 spiro atoms. The van der Waals surface area contributed by atoms with Crippen LogP contribution in [0.2, 0.25) is 0 Å². The maximum atomic E-state index is 12.0. The Morgan fingerprint density at radius 2 is 2.06 bits per heavy atom. The van der Waals surface area contributed by atoms with Crippen LogP contribution in [0.25, 0.3) is 0 Å². The molecule has 0 saturated carbocycles. The van der Waals surface area contributed by atoms with Crippen LogP contribution in [-0.4, -0.2) is 25.5 Å². The van der Waals surface area contributed by atoms with Gasteiger partial charge >= 0.3 is 5.97 Å². The zero-order valence-electron chi connectivity index (χ0n) is 9.35. The molecule has 1 aromatic rings. The molecule has 0 saturated heterocycles. The number of aliphatic carboxylic acids is 1. The third-order valence-corrected chi connectivity index (χ3v) is 5.13. The van der Waals surface area contributed by atoms with Gasteiger partial charge in [0.25, 0.3) is 0 Å². The van der Waals surface area contributed by atoms with Gasteiger partial charge in [0, 0.05) is 8.95 Å². The minimum Gasteiger partial charge on any atom is -0.480 e. The number of hydrogen-bond donors (Lipinski definition) is 2. The predicted molar refractivity (Wildman–Crippen MR) is 73.9 cm³/mol. The number of sulfonamides is 1. The van der Waals surface area contributed by atoms with Gasteiger partial charge in [0.2, 0.25) is 10.0 Å². The van der Waals surface area contributed by atoms with Crippen molar-refractivity contribution in [2.45, 2.75) is 24.3 Å². The quantitative estimate of drug-likeness (QED) is 0.794. The smallest absolute Gasteiger partial charge is 0.321 e. The Balaban J connectivity index is 3.10. The summed E-state index contributed by atoms with van der Waals surface area (Å²) in [6, 6.07) is 3.41. The van der Waals surface area contributed by atoms with E-state index in [2.05, 4.69) is 36.6 Å². The molecular formula is C10H11Br2NO4S. The zero-order valence-corrected chi connectivity index (χ0v) is 13.3. The van der Waals surface area contributed by atoms with Crippen molar-refractivity contribution in [2.24, 2.45) is 0 Å². The molecule has 0 bridgehead atoms. The Morgan fingerprint density at radius 1 is 1.44 bits per heavy atom. The van der Waals surface area contributed by atoms with Crippen molar-refractivity contribution in [3.8, 4) is 0 Å². The molecule has 0 fully saturated rings. The van der Waals surface area contributed by atoms with Crippen molar-refractivity contribution in [1.82, 2.24) is 4.72 Å². The number of carbonyl (C=O) groups is 1. The van der Waals surface area contributed by atoms with Gasteiger partial charge in [-0.3, -0.25) is 4.79 Å². The molecule has 0 radical (unpaired) electrons. The third-order valence-electron chi connectivity index (χ3n) is 2.19. The molecule has 2 N–H and O–H groups in total. The van der Waals surface area contributed by atoms with E-state index in [0.717, 1.165) is 4.47 Å². The Labute approximate surface area is 122 Å². The molecule has 0 aromatic heterocycles. The number of rotatable bonds is 5. The van der Waals surface area contributed by atoms with Crippen molar-refractivity contribution >= 4 is 47.9 Å². The van der Waals surface area contributed by atoms with E-state index in [9.17, 15) is 13.2 Å². The second-order valence-electron chi connectivity index (χ2n) is 3.50. The second-order valence-corrected chi connectivity index (χ2v) is 6.95. The fraction of sp³-hybridized carbons (Fsp3) is 0.300. The second kappa shape index (κ2) is 6.14. The largest absolute Gasteiger partial charge is 0.480 e. The number of benzene rings is 1. The monoisotopic (exact) mass is 399 g/mol. The number of hydrogen-bond acceptors (Lipinski definition) is 3. The van der Waals surface area contributed by atoms with E-state index in [4.69, 9.17) is 5.11 Å².